The first kappa shape index (κ1) is 15.3. The predicted octanol–water partition coefficient (Wildman–Crippen LogP) is 1.90. The fourth-order valence-electron chi connectivity index (χ4n) is 2.11. The van der Waals surface area contributed by atoms with Crippen molar-refractivity contribution in [2.24, 2.45) is 0 Å². The Bertz CT molecular complexity index is 519. The lowest BCUT2D eigenvalue weighted by Gasteiger charge is -2.26. The first-order valence-electron chi connectivity index (χ1n) is 6.43. The van der Waals surface area contributed by atoms with Crippen LogP contribution in [-0.4, -0.2) is 43.9 Å². The van der Waals surface area contributed by atoms with Crippen molar-refractivity contribution in [3.8, 4) is 0 Å². The molecule has 2 heterocycles. The zero-order valence-corrected chi connectivity index (χ0v) is 13.8. The summed E-state index contributed by atoms with van der Waals surface area (Å²) < 4.78 is 27.1. The Kier molecular flexibility index (Phi) is 5.30. The van der Waals surface area contributed by atoms with Crippen molar-refractivity contribution >= 4 is 33.1 Å². The van der Waals surface area contributed by atoms with E-state index in [2.05, 4.69) is 5.32 Å². The molecule has 0 aromatic carbocycles. The molecule has 0 spiro atoms. The maximum absolute atomic E-state index is 12.7. The Hall–Kier alpha value is -0.0800. The molecule has 1 saturated heterocycles. The van der Waals surface area contributed by atoms with Crippen LogP contribution in [0.3, 0.4) is 0 Å². The highest BCUT2D eigenvalue weighted by atomic mass is 32.2. The van der Waals surface area contributed by atoms with Crippen molar-refractivity contribution in [2.45, 2.75) is 25.3 Å². The van der Waals surface area contributed by atoms with Gasteiger partial charge in [-0.2, -0.15) is 16.1 Å². The molecule has 1 aromatic rings. The zero-order chi connectivity index (χ0) is 13.9. The summed E-state index contributed by atoms with van der Waals surface area (Å²) in [5, 5.41) is 5.16. The number of nitrogens with one attached hydrogen (secondary N) is 1. The summed E-state index contributed by atoms with van der Waals surface area (Å²) in [5.41, 5.74) is 0.871. The van der Waals surface area contributed by atoms with Gasteiger partial charge in [0.05, 0.1) is 0 Å². The van der Waals surface area contributed by atoms with Gasteiger partial charge >= 0.3 is 0 Å². The summed E-state index contributed by atoms with van der Waals surface area (Å²) >= 11 is 3.35. The summed E-state index contributed by atoms with van der Waals surface area (Å²) in [7, 11) is -3.32. The first-order chi connectivity index (χ1) is 9.07. The molecule has 0 saturated carbocycles. The molecule has 108 valence electrons. The first-order valence-corrected chi connectivity index (χ1v) is 9.90. The minimum absolute atomic E-state index is 0.533. The minimum Gasteiger partial charge on any atom is -0.312 e. The van der Waals surface area contributed by atoms with E-state index in [0.29, 0.717) is 24.5 Å². The van der Waals surface area contributed by atoms with Crippen molar-refractivity contribution in [3.63, 3.8) is 0 Å². The number of hydrogen-bond donors (Lipinski definition) is 1. The molecule has 0 unspecified atom stereocenters. The lowest BCUT2D eigenvalue weighted by atomic mass is 10.3. The molecular formula is C12H20N2O2S3. The topological polar surface area (TPSA) is 49.4 Å². The molecule has 1 aromatic heterocycles. The van der Waals surface area contributed by atoms with Gasteiger partial charge in [-0.1, -0.05) is 6.92 Å². The Labute approximate surface area is 123 Å². The number of thioether (sulfide) groups is 1. The van der Waals surface area contributed by atoms with Crippen molar-refractivity contribution in [1.82, 2.24) is 9.62 Å². The van der Waals surface area contributed by atoms with Crippen LogP contribution in [-0.2, 0) is 16.6 Å². The second kappa shape index (κ2) is 6.58. The van der Waals surface area contributed by atoms with Crippen molar-refractivity contribution in [3.05, 3.63) is 15.8 Å². The molecule has 4 nitrogen and oxygen atoms in total. The van der Waals surface area contributed by atoms with Crippen LogP contribution in [0.4, 0.5) is 0 Å². The van der Waals surface area contributed by atoms with Crippen LogP contribution >= 0.6 is 23.1 Å². The van der Waals surface area contributed by atoms with Crippen molar-refractivity contribution in [1.29, 1.82) is 0 Å². The van der Waals surface area contributed by atoms with Gasteiger partial charge in [-0.3, -0.25) is 0 Å². The molecular weight excluding hydrogens is 300 g/mol. The fraction of sp³-hybridized carbons (Fsp3) is 0.667. The number of rotatable bonds is 5. The third kappa shape index (κ3) is 3.33. The van der Waals surface area contributed by atoms with Gasteiger partial charge in [0.15, 0.2) is 0 Å². The smallest absolute Gasteiger partial charge is 0.244 e. The van der Waals surface area contributed by atoms with Gasteiger partial charge in [-0.25, -0.2) is 8.42 Å². The van der Waals surface area contributed by atoms with E-state index in [-0.39, 0.29) is 0 Å². The fourth-order valence-corrected chi connectivity index (χ4v) is 6.42. The monoisotopic (exact) mass is 320 g/mol. The van der Waals surface area contributed by atoms with Gasteiger partial charge in [0.1, 0.15) is 4.90 Å². The van der Waals surface area contributed by atoms with Gasteiger partial charge in [0.25, 0.3) is 0 Å². The average Bonchev–Trinajstić information content (AvgIpc) is 2.79. The van der Waals surface area contributed by atoms with E-state index in [9.17, 15) is 8.42 Å². The minimum atomic E-state index is -3.32. The van der Waals surface area contributed by atoms with Gasteiger partial charge in [0, 0.05) is 36.0 Å². The molecule has 0 aliphatic carbocycles. The molecule has 1 aliphatic rings. The normalized spacial score (nSPS) is 17.8. The lowest BCUT2D eigenvalue weighted by Crippen LogP contribution is -2.38. The Balaban J connectivity index is 2.30. The Morgan fingerprint density at radius 3 is 2.68 bits per heavy atom. The molecule has 0 radical (unpaired) electrons. The largest absolute Gasteiger partial charge is 0.312 e. The van der Waals surface area contributed by atoms with Gasteiger partial charge in [0.2, 0.25) is 10.0 Å². The summed E-state index contributed by atoms with van der Waals surface area (Å²) in [4.78, 5) is 1.46. The van der Waals surface area contributed by atoms with Crippen LogP contribution < -0.4 is 5.32 Å². The van der Waals surface area contributed by atoms with E-state index in [1.807, 2.05) is 31.0 Å². The van der Waals surface area contributed by atoms with Crippen LogP contribution in [0.1, 0.15) is 17.4 Å². The van der Waals surface area contributed by atoms with Crippen LogP contribution in [0.5, 0.6) is 0 Å². The predicted molar refractivity (Wildman–Crippen MR) is 82.5 cm³/mol. The van der Waals surface area contributed by atoms with Crippen molar-refractivity contribution in [2.75, 3.05) is 31.1 Å². The molecule has 7 heteroatoms. The van der Waals surface area contributed by atoms with E-state index >= 15 is 0 Å². The molecule has 0 atom stereocenters. The van der Waals surface area contributed by atoms with E-state index in [4.69, 9.17) is 0 Å². The highest BCUT2D eigenvalue weighted by molar-refractivity contribution is 7.99. The number of sulfonamides is 1. The quantitative estimate of drug-likeness (QED) is 0.900. The molecule has 0 amide bonds. The van der Waals surface area contributed by atoms with E-state index in [1.165, 1.54) is 11.3 Å². The third-order valence-electron chi connectivity index (χ3n) is 3.09. The van der Waals surface area contributed by atoms with Crippen LogP contribution in [0.25, 0.3) is 0 Å². The van der Waals surface area contributed by atoms with Crippen molar-refractivity contribution < 1.29 is 8.42 Å². The molecule has 1 fully saturated rings. The van der Waals surface area contributed by atoms with Crippen LogP contribution in [0, 0.1) is 6.92 Å². The van der Waals surface area contributed by atoms with Gasteiger partial charge < -0.3 is 5.32 Å². The Morgan fingerprint density at radius 1 is 1.37 bits per heavy atom. The lowest BCUT2D eigenvalue weighted by molar-refractivity contribution is 0.442. The molecule has 0 bridgehead atoms. The summed E-state index contributed by atoms with van der Waals surface area (Å²) in [5.74, 6) is 1.79. The number of thiophene rings is 1. The second-order valence-electron chi connectivity index (χ2n) is 4.47. The standard InChI is InChI=1S/C12H20N2O2S3/c1-3-13-8-11-12(10(2)9-18-11)19(15,16)14-4-6-17-7-5-14/h9,13H,3-8H2,1-2H3. The number of aryl methyl sites for hydroxylation is 1. The average molecular weight is 321 g/mol. The molecule has 19 heavy (non-hydrogen) atoms. The molecule has 1 N–H and O–H groups in total. The van der Waals surface area contributed by atoms with Gasteiger partial charge in [-0.15, -0.1) is 11.3 Å². The van der Waals surface area contributed by atoms with Gasteiger partial charge in [-0.05, 0) is 24.4 Å². The molecule has 2 rings (SSSR count). The van der Waals surface area contributed by atoms with E-state index < -0.39 is 10.0 Å². The maximum atomic E-state index is 12.7. The van der Waals surface area contributed by atoms with Crippen LogP contribution in [0.15, 0.2) is 10.3 Å². The summed E-state index contributed by atoms with van der Waals surface area (Å²) in [6.07, 6.45) is 0. The Morgan fingerprint density at radius 2 is 2.05 bits per heavy atom. The number of hydrogen-bond acceptors (Lipinski definition) is 5. The molecule has 1 aliphatic heterocycles. The highest BCUT2D eigenvalue weighted by Crippen LogP contribution is 2.30. The second-order valence-corrected chi connectivity index (χ2v) is 8.53. The zero-order valence-electron chi connectivity index (χ0n) is 11.3. The van der Waals surface area contributed by atoms with E-state index in [0.717, 1.165) is 28.5 Å². The summed E-state index contributed by atoms with van der Waals surface area (Å²) in [6.45, 7) is 6.64. The third-order valence-corrected chi connectivity index (χ3v) is 7.40. The van der Waals surface area contributed by atoms with E-state index in [1.54, 1.807) is 4.31 Å². The number of nitrogens with zero attached hydrogens (tertiary/aromatic N) is 1. The maximum Gasteiger partial charge on any atom is 0.244 e. The summed E-state index contributed by atoms with van der Waals surface area (Å²) in [6, 6.07) is 0. The van der Waals surface area contributed by atoms with Crippen LogP contribution in [0.2, 0.25) is 0 Å². The highest BCUT2D eigenvalue weighted by Gasteiger charge is 2.30. The SMILES string of the molecule is CCNCc1scc(C)c1S(=O)(=O)N1CCSCC1.